The first kappa shape index (κ1) is 14.4. The molecule has 0 bridgehead atoms. The molecular formula is C13H15FN2O4. The fourth-order valence-corrected chi connectivity index (χ4v) is 2.17. The summed E-state index contributed by atoms with van der Waals surface area (Å²) in [5, 5.41) is 13.4. The van der Waals surface area contributed by atoms with E-state index in [-0.39, 0.29) is 17.7 Å². The summed E-state index contributed by atoms with van der Waals surface area (Å²) in [4.78, 5) is 21.8. The van der Waals surface area contributed by atoms with Gasteiger partial charge in [-0.25, -0.2) is 0 Å². The summed E-state index contributed by atoms with van der Waals surface area (Å²) in [6.07, 6.45) is 1.77. The van der Waals surface area contributed by atoms with Gasteiger partial charge in [-0.15, -0.1) is 0 Å². The topological polar surface area (TPSA) is 81.5 Å². The lowest BCUT2D eigenvalue weighted by molar-refractivity contribution is -0.387. The molecule has 7 heteroatoms. The average Bonchev–Trinajstić information content (AvgIpc) is 2.92. The Morgan fingerprint density at radius 3 is 2.95 bits per heavy atom. The summed E-state index contributed by atoms with van der Waals surface area (Å²) in [6.45, 7) is 2.48. The minimum absolute atomic E-state index is 0.0469. The van der Waals surface area contributed by atoms with Crippen LogP contribution in [0.3, 0.4) is 0 Å². The third kappa shape index (κ3) is 3.11. The number of rotatable bonds is 4. The van der Waals surface area contributed by atoms with Gasteiger partial charge in [-0.1, -0.05) is 0 Å². The minimum atomic E-state index is -0.960. The smallest absolute Gasteiger partial charge is 0.305 e. The van der Waals surface area contributed by atoms with Crippen LogP contribution in [0, 0.1) is 15.9 Å². The fourth-order valence-electron chi connectivity index (χ4n) is 2.17. The first-order chi connectivity index (χ1) is 9.49. The van der Waals surface area contributed by atoms with Crippen LogP contribution in [0.4, 0.5) is 10.1 Å². The van der Waals surface area contributed by atoms with Gasteiger partial charge in [0.15, 0.2) is 0 Å². The summed E-state index contributed by atoms with van der Waals surface area (Å²) >= 11 is 0. The molecule has 2 unspecified atom stereocenters. The SMILES string of the molecule is CC(NC(=O)c1ccc(F)c([N+](=O)[O-])c1)C1CCCO1. The van der Waals surface area contributed by atoms with E-state index in [1.54, 1.807) is 0 Å². The molecule has 6 nitrogen and oxygen atoms in total. The molecule has 1 N–H and O–H groups in total. The number of nitro groups is 1. The highest BCUT2D eigenvalue weighted by Crippen LogP contribution is 2.19. The maximum absolute atomic E-state index is 13.2. The molecule has 1 saturated heterocycles. The molecule has 1 amide bonds. The van der Waals surface area contributed by atoms with E-state index in [0.717, 1.165) is 25.0 Å². The van der Waals surface area contributed by atoms with E-state index < -0.39 is 22.3 Å². The van der Waals surface area contributed by atoms with Crippen molar-refractivity contribution in [3.8, 4) is 0 Å². The third-order valence-electron chi connectivity index (χ3n) is 3.29. The molecule has 0 aliphatic carbocycles. The van der Waals surface area contributed by atoms with Crippen molar-refractivity contribution >= 4 is 11.6 Å². The van der Waals surface area contributed by atoms with Gasteiger partial charge in [-0.05, 0) is 31.9 Å². The number of ether oxygens (including phenoxy) is 1. The summed E-state index contributed by atoms with van der Waals surface area (Å²) < 4.78 is 18.6. The highest BCUT2D eigenvalue weighted by molar-refractivity contribution is 5.95. The van der Waals surface area contributed by atoms with Gasteiger partial charge in [-0.3, -0.25) is 14.9 Å². The number of nitrogens with one attached hydrogen (secondary N) is 1. The highest BCUT2D eigenvalue weighted by Gasteiger charge is 2.25. The van der Waals surface area contributed by atoms with E-state index >= 15 is 0 Å². The summed E-state index contributed by atoms with van der Waals surface area (Å²) in [5.74, 6) is -1.44. The molecule has 0 aromatic heterocycles. The molecule has 108 valence electrons. The predicted molar refractivity (Wildman–Crippen MR) is 69.0 cm³/mol. The number of hydrogen-bond donors (Lipinski definition) is 1. The molecule has 1 aromatic carbocycles. The molecular weight excluding hydrogens is 267 g/mol. The van der Waals surface area contributed by atoms with Crippen molar-refractivity contribution < 1.29 is 18.8 Å². The van der Waals surface area contributed by atoms with Crippen molar-refractivity contribution in [1.82, 2.24) is 5.32 Å². The molecule has 1 aromatic rings. The maximum Gasteiger partial charge on any atom is 0.305 e. The van der Waals surface area contributed by atoms with Gasteiger partial charge < -0.3 is 10.1 Å². The molecule has 20 heavy (non-hydrogen) atoms. The van der Waals surface area contributed by atoms with Crippen LogP contribution in [-0.2, 0) is 4.74 Å². The Hall–Kier alpha value is -2.02. The Balaban J connectivity index is 2.08. The van der Waals surface area contributed by atoms with Crippen LogP contribution < -0.4 is 5.32 Å². The zero-order chi connectivity index (χ0) is 14.7. The van der Waals surface area contributed by atoms with Crippen LogP contribution in [-0.4, -0.2) is 29.6 Å². The predicted octanol–water partition coefficient (Wildman–Crippen LogP) is 2.03. The zero-order valence-corrected chi connectivity index (χ0v) is 11.0. The summed E-state index contributed by atoms with van der Waals surface area (Å²) in [6, 6.07) is 2.88. The average molecular weight is 282 g/mol. The number of halogens is 1. The Morgan fingerprint density at radius 2 is 2.35 bits per heavy atom. The van der Waals surface area contributed by atoms with Crippen LogP contribution >= 0.6 is 0 Å². The van der Waals surface area contributed by atoms with Crippen LogP contribution in [0.2, 0.25) is 0 Å². The van der Waals surface area contributed by atoms with Gasteiger partial charge in [0, 0.05) is 18.2 Å². The van der Waals surface area contributed by atoms with Crippen molar-refractivity contribution in [3.63, 3.8) is 0 Å². The van der Waals surface area contributed by atoms with Crippen LogP contribution in [0.5, 0.6) is 0 Å². The number of nitrogens with zero attached hydrogens (tertiary/aromatic N) is 1. The summed E-state index contributed by atoms with van der Waals surface area (Å²) in [7, 11) is 0. The van der Waals surface area contributed by atoms with Gasteiger partial charge in [-0.2, -0.15) is 4.39 Å². The molecule has 0 spiro atoms. The quantitative estimate of drug-likeness (QED) is 0.676. The van der Waals surface area contributed by atoms with E-state index in [1.165, 1.54) is 6.07 Å². The number of nitro benzene ring substituents is 1. The first-order valence-electron chi connectivity index (χ1n) is 6.35. The van der Waals surface area contributed by atoms with E-state index in [2.05, 4.69) is 5.32 Å². The van der Waals surface area contributed by atoms with Crippen LogP contribution in [0.1, 0.15) is 30.1 Å². The maximum atomic E-state index is 13.2. The lowest BCUT2D eigenvalue weighted by Gasteiger charge is -2.19. The van der Waals surface area contributed by atoms with Gasteiger partial charge in [0.05, 0.1) is 17.1 Å². The van der Waals surface area contributed by atoms with Gasteiger partial charge in [0.25, 0.3) is 5.91 Å². The van der Waals surface area contributed by atoms with Gasteiger partial charge >= 0.3 is 5.69 Å². The Bertz CT molecular complexity index is 529. The number of amides is 1. The monoisotopic (exact) mass is 282 g/mol. The number of benzene rings is 1. The second-order valence-electron chi connectivity index (χ2n) is 4.74. The minimum Gasteiger partial charge on any atom is -0.376 e. The molecule has 1 fully saturated rings. The molecule has 1 aliphatic heterocycles. The fraction of sp³-hybridized carbons (Fsp3) is 0.462. The van der Waals surface area contributed by atoms with E-state index in [4.69, 9.17) is 4.74 Å². The molecule has 0 radical (unpaired) electrons. The molecule has 2 atom stereocenters. The molecule has 2 rings (SSSR count). The van der Waals surface area contributed by atoms with Crippen molar-refractivity contribution in [2.45, 2.75) is 31.9 Å². The largest absolute Gasteiger partial charge is 0.376 e. The van der Waals surface area contributed by atoms with Crippen molar-refractivity contribution in [3.05, 3.63) is 39.7 Å². The second kappa shape index (κ2) is 5.96. The normalized spacial score (nSPS) is 19.6. The second-order valence-corrected chi connectivity index (χ2v) is 4.74. The van der Waals surface area contributed by atoms with E-state index in [1.807, 2.05) is 6.92 Å². The van der Waals surface area contributed by atoms with Gasteiger partial charge in [0.1, 0.15) is 0 Å². The Morgan fingerprint density at radius 1 is 1.60 bits per heavy atom. The van der Waals surface area contributed by atoms with Crippen molar-refractivity contribution in [2.24, 2.45) is 0 Å². The van der Waals surface area contributed by atoms with Crippen molar-refractivity contribution in [1.29, 1.82) is 0 Å². The number of carbonyl (C=O) groups excluding carboxylic acids is 1. The van der Waals surface area contributed by atoms with Gasteiger partial charge in [0.2, 0.25) is 5.82 Å². The standard InChI is InChI=1S/C13H15FN2O4/c1-8(12-3-2-6-20-12)15-13(17)9-4-5-10(14)11(7-9)16(18)19/h4-5,7-8,12H,2-3,6H2,1H3,(H,15,17). The molecule has 0 saturated carbocycles. The Labute approximate surface area is 115 Å². The highest BCUT2D eigenvalue weighted by atomic mass is 19.1. The van der Waals surface area contributed by atoms with E-state index in [9.17, 15) is 19.3 Å². The van der Waals surface area contributed by atoms with Crippen LogP contribution in [0.15, 0.2) is 18.2 Å². The zero-order valence-electron chi connectivity index (χ0n) is 11.0. The molecule has 1 heterocycles. The first-order valence-corrected chi connectivity index (χ1v) is 6.35. The number of hydrogen-bond acceptors (Lipinski definition) is 4. The number of carbonyl (C=O) groups is 1. The van der Waals surface area contributed by atoms with Crippen molar-refractivity contribution in [2.75, 3.05) is 6.61 Å². The third-order valence-corrected chi connectivity index (χ3v) is 3.29. The molecule has 1 aliphatic rings. The van der Waals surface area contributed by atoms with E-state index in [0.29, 0.717) is 6.61 Å². The summed E-state index contributed by atoms with van der Waals surface area (Å²) in [5.41, 5.74) is -0.648. The lowest BCUT2D eigenvalue weighted by Crippen LogP contribution is -2.40. The van der Waals surface area contributed by atoms with Crippen LogP contribution in [0.25, 0.3) is 0 Å². The Kier molecular flexibility index (Phi) is 4.29. The lowest BCUT2D eigenvalue weighted by atomic mass is 10.1.